The van der Waals surface area contributed by atoms with Gasteiger partial charge in [-0.05, 0) is 27.3 Å². The van der Waals surface area contributed by atoms with E-state index in [-0.39, 0.29) is 17.9 Å². The van der Waals surface area contributed by atoms with Crippen LogP contribution in [0.15, 0.2) is 0 Å². The fourth-order valence-electron chi connectivity index (χ4n) is 2.20. The summed E-state index contributed by atoms with van der Waals surface area (Å²) < 4.78 is 0. The Morgan fingerprint density at radius 3 is 2.38 bits per heavy atom. The van der Waals surface area contributed by atoms with Crippen molar-refractivity contribution in [2.75, 3.05) is 13.6 Å². The van der Waals surface area contributed by atoms with E-state index < -0.39 is 5.54 Å². The minimum absolute atomic E-state index is 0.0736. The Morgan fingerprint density at radius 2 is 2.08 bits per heavy atom. The zero-order chi connectivity index (χ0) is 10.3. The molecule has 4 heteroatoms. The maximum Gasteiger partial charge on any atom is 0.219 e. The SMILES string of the molecule is CN1CC(N)(CC(N)=O)CC1(C)C. The van der Waals surface area contributed by atoms with Gasteiger partial charge in [0, 0.05) is 24.0 Å². The molecule has 0 aromatic heterocycles. The lowest BCUT2D eigenvalue weighted by Gasteiger charge is -2.26. The van der Waals surface area contributed by atoms with Gasteiger partial charge in [0.05, 0.1) is 0 Å². The van der Waals surface area contributed by atoms with E-state index in [1.807, 2.05) is 7.05 Å². The van der Waals surface area contributed by atoms with Crippen molar-refractivity contribution < 1.29 is 4.79 Å². The van der Waals surface area contributed by atoms with E-state index in [0.717, 1.165) is 13.0 Å². The van der Waals surface area contributed by atoms with Gasteiger partial charge in [-0.25, -0.2) is 0 Å². The molecule has 4 nitrogen and oxygen atoms in total. The summed E-state index contributed by atoms with van der Waals surface area (Å²) in [6.07, 6.45) is 1.10. The molecule has 0 bridgehead atoms. The summed E-state index contributed by atoms with van der Waals surface area (Å²) in [4.78, 5) is 13.0. The number of nitrogens with two attached hydrogens (primary N) is 2. The summed E-state index contributed by atoms with van der Waals surface area (Å²) in [5, 5.41) is 0. The van der Waals surface area contributed by atoms with Crippen molar-refractivity contribution in [3.63, 3.8) is 0 Å². The predicted octanol–water partition coefficient (Wildman–Crippen LogP) is -0.327. The van der Waals surface area contributed by atoms with Gasteiger partial charge in [0.1, 0.15) is 0 Å². The maximum atomic E-state index is 10.8. The van der Waals surface area contributed by atoms with E-state index in [4.69, 9.17) is 11.5 Å². The van der Waals surface area contributed by atoms with Crippen LogP contribution in [0.5, 0.6) is 0 Å². The minimum atomic E-state index is -0.427. The number of hydrogen-bond donors (Lipinski definition) is 2. The highest BCUT2D eigenvalue weighted by Gasteiger charge is 2.44. The fraction of sp³-hybridized carbons (Fsp3) is 0.889. The molecule has 1 amide bonds. The number of likely N-dealkylation sites (N-methyl/N-ethyl adjacent to an activating group) is 1. The maximum absolute atomic E-state index is 10.8. The summed E-state index contributed by atoms with van der Waals surface area (Å²) in [6, 6.07) is 0. The Bertz CT molecular complexity index is 227. The Kier molecular flexibility index (Phi) is 2.38. The molecule has 1 saturated heterocycles. The highest BCUT2D eigenvalue weighted by Crippen LogP contribution is 2.34. The summed E-state index contributed by atoms with van der Waals surface area (Å²) in [5.74, 6) is -0.311. The summed E-state index contributed by atoms with van der Waals surface area (Å²) in [5.41, 5.74) is 10.9. The lowest BCUT2D eigenvalue weighted by molar-refractivity contribution is -0.119. The number of primary amides is 1. The third kappa shape index (κ3) is 2.19. The molecule has 1 heterocycles. The molecule has 1 fully saturated rings. The van der Waals surface area contributed by atoms with Gasteiger partial charge in [0.2, 0.25) is 5.91 Å². The van der Waals surface area contributed by atoms with Gasteiger partial charge < -0.3 is 11.5 Å². The van der Waals surface area contributed by atoms with Crippen LogP contribution in [0.3, 0.4) is 0 Å². The zero-order valence-electron chi connectivity index (χ0n) is 8.63. The summed E-state index contributed by atoms with van der Waals surface area (Å²) in [7, 11) is 2.02. The topological polar surface area (TPSA) is 72.3 Å². The first-order chi connectivity index (χ1) is 5.75. The third-order valence-corrected chi connectivity index (χ3v) is 2.90. The fourth-order valence-corrected chi connectivity index (χ4v) is 2.20. The predicted molar refractivity (Wildman–Crippen MR) is 52.1 cm³/mol. The van der Waals surface area contributed by atoms with Gasteiger partial charge in [-0.2, -0.15) is 0 Å². The molecule has 1 rings (SSSR count). The van der Waals surface area contributed by atoms with E-state index in [1.54, 1.807) is 0 Å². The smallest absolute Gasteiger partial charge is 0.219 e. The number of carbonyl (C=O) groups is 1. The van der Waals surface area contributed by atoms with Crippen LogP contribution in [-0.2, 0) is 4.79 Å². The number of nitrogens with zero attached hydrogens (tertiary/aromatic N) is 1. The van der Waals surface area contributed by atoms with Crippen molar-refractivity contribution in [1.29, 1.82) is 0 Å². The monoisotopic (exact) mass is 185 g/mol. The molecule has 0 aromatic rings. The molecular formula is C9H19N3O. The van der Waals surface area contributed by atoms with Crippen molar-refractivity contribution >= 4 is 5.91 Å². The third-order valence-electron chi connectivity index (χ3n) is 2.90. The first-order valence-electron chi connectivity index (χ1n) is 4.54. The Labute approximate surface area is 79.3 Å². The Morgan fingerprint density at radius 1 is 1.54 bits per heavy atom. The standard InChI is InChI=1S/C9H19N3O/c1-8(2)5-9(11,4-7(10)13)6-12(8)3/h4-6,11H2,1-3H3,(H2,10,13). The number of hydrogen-bond acceptors (Lipinski definition) is 3. The first-order valence-corrected chi connectivity index (χ1v) is 4.54. The second-order valence-corrected chi connectivity index (χ2v) is 4.85. The van der Waals surface area contributed by atoms with Crippen LogP contribution in [0.25, 0.3) is 0 Å². The Hall–Kier alpha value is -0.610. The molecule has 0 saturated carbocycles. The number of likely N-dealkylation sites (tertiary alicyclic amines) is 1. The van der Waals surface area contributed by atoms with Gasteiger partial charge in [-0.1, -0.05) is 0 Å². The Balaban J connectivity index is 2.70. The molecule has 1 atom stereocenters. The van der Waals surface area contributed by atoms with Crippen LogP contribution in [-0.4, -0.2) is 35.5 Å². The average molecular weight is 185 g/mol. The number of amides is 1. The van der Waals surface area contributed by atoms with Crippen LogP contribution in [0.2, 0.25) is 0 Å². The van der Waals surface area contributed by atoms with Crippen LogP contribution < -0.4 is 11.5 Å². The van der Waals surface area contributed by atoms with Crippen LogP contribution in [0, 0.1) is 0 Å². The van der Waals surface area contributed by atoms with E-state index in [2.05, 4.69) is 18.7 Å². The van der Waals surface area contributed by atoms with Crippen molar-refractivity contribution in [2.45, 2.75) is 37.8 Å². The highest BCUT2D eigenvalue weighted by molar-refractivity contribution is 5.75. The molecule has 4 N–H and O–H groups in total. The van der Waals surface area contributed by atoms with Crippen LogP contribution in [0.1, 0.15) is 26.7 Å². The second kappa shape index (κ2) is 2.96. The average Bonchev–Trinajstić information content (AvgIpc) is 1.98. The summed E-state index contributed by atoms with van der Waals surface area (Å²) in [6.45, 7) is 4.99. The molecule has 0 spiro atoms. The van der Waals surface area contributed by atoms with Gasteiger partial charge in [-0.15, -0.1) is 0 Å². The van der Waals surface area contributed by atoms with Crippen LogP contribution in [0.4, 0.5) is 0 Å². The molecule has 1 unspecified atom stereocenters. The van der Waals surface area contributed by atoms with E-state index in [0.29, 0.717) is 0 Å². The molecule has 76 valence electrons. The first kappa shape index (κ1) is 10.5. The molecule has 1 aliphatic rings. The highest BCUT2D eigenvalue weighted by atomic mass is 16.1. The minimum Gasteiger partial charge on any atom is -0.370 e. The van der Waals surface area contributed by atoms with Crippen molar-refractivity contribution in [3.8, 4) is 0 Å². The van der Waals surface area contributed by atoms with Crippen molar-refractivity contribution in [2.24, 2.45) is 11.5 Å². The molecular weight excluding hydrogens is 166 g/mol. The molecule has 0 aromatic carbocycles. The van der Waals surface area contributed by atoms with Crippen LogP contribution >= 0.6 is 0 Å². The van der Waals surface area contributed by atoms with E-state index in [9.17, 15) is 4.79 Å². The molecule has 0 aliphatic carbocycles. The van der Waals surface area contributed by atoms with Gasteiger partial charge in [0.25, 0.3) is 0 Å². The summed E-state index contributed by atoms with van der Waals surface area (Å²) >= 11 is 0. The van der Waals surface area contributed by atoms with Crippen molar-refractivity contribution in [1.82, 2.24) is 4.90 Å². The lowest BCUT2D eigenvalue weighted by atomic mass is 9.88. The number of rotatable bonds is 2. The lowest BCUT2D eigenvalue weighted by Crippen LogP contribution is -2.45. The normalized spacial score (nSPS) is 33.5. The zero-order valence-corrected chi connectivity index (χ0v) is 8.63. The van der Waals surface area contributed by atoms with E-state index in [1.165, 1.54) is 0 Å². The van der Waals surface area contributed by atoms with Gasteiger partial charge >= 0.3 is 0 Å². The molecule has 0 radical (unpaired) electrons. The van der Waals surface area contributed by atoms with Crippen molar-refractivity contribution in [3.05, 3.63) is 0 Å². The number of carbonyl (C=O) groups excluding carboxylic acids is 1. The second-order valence-electron chi connectivity index (χ2n) is 4.85. The molecule has 13 heavy (non-hydrogen) atoms. The largest absolute Gasteiger partial charge is 0.370 e. The molecule has 1 aliphatic heterocycles. The quantitative estimate of drug-likeness (QED) is 0.619. The van der Waals surface area contributed by atoms with E-state index >= 15 is 0 Å². The van der Waals surface area contributed by atoms with Gasteiger partial charge in [0.15, 0.2) is 0 Å². The van der Waals surface area contributed by atoms with Gasteiger partial charge in [-0.3, -0.25) is 9.69 Å².